The molecule has 4 heteroatoms. The molecule has 0 aromatic heterocycles. The average Bonchev–Trinajstić information content (AvgIpc) is 2.40. The van der Waals surface area contributed by atoms with Crippen LogP contribution < -0.4 is 4.74 Å². The van der Waals surface area contributed by atoms with Crippen LogP contribution in [0.2, 0.25) is 5.02 Å². The summed E-state index contributed by atoms with van der Waals surface area (Å²) in [6.07, 6.45) is -0.626. The Balaban J connectivity index is 2.11. The zero-order valence-corrected chi connectivity index (χ0v) is 11.8. The molecule has 104 valence electrons. The molecule has 0 fully saturated rings. The molecular weight excluding hydrogens is 276 g/mol. The lowest BCUT2D eigenvalue weighted by Gasteiger charge is -2.15. The number of aliphatic carboxylic acids is 1. The first-order valence-electron chi connectivity index (χ1n) is 6.25. The van der Waals surface area contributed by atoms with Gasteiger partial charge >= 0.3 is 5.97 Å². The fourth-order valence-corrected chi connectivity index (χ4v) is 2.00. The summed E-state index contributed by atoms with van der Waals surface area (Å²) in [5.74, 6) is -0.539. The molecule has 0 spiro atoms. The largest absolute Gasteiger partial charge is 0.478 e. The number of ether oxygens (including phenoxy) is 1. The molecule has 2 aromatic rings. The molecule has 0 bridgehead atoms. The van der Waals surface area contributed by atoms with Crippen LogP contribution in [0.4, 0.5) is 0 Å². The highest BCUT2D eigenvalue weighted by molar-refractivity contribution is 6.30. The van der Waals surface area contributed by atoms with Crippen LogP contribution in [0.5, 0.6) is 5.75 Å². The van der Waals surface area contributed by atoms with E-state index in [1.165, 1.54) is 0 Å². The maximum atomic E-state index is 11.3. The van der Waals surface area contributed by atoms with Gasteiger partial charge in [0.2, 0.25) is 0 Å². The monoisotopic (exact) mass is 290 g/mol. The predicted octanol–water partition coefficient (Wildman–Crippen LogP) is 3.72. The Hall–Kier alpha value is -2.00. The number of carbonyl (C=O) groups is 1. The van der Waals surface area contributed by atoms with Gasteiger partial charge in [-0.25, -0.2) is 4.79 Å². The van der Waals surface area contributed by atoms with E-state index in [-0.39, 0.29) is 0 Å². The van der Waals surface area contributed by atoms with Crippen molar-refractivity contribution in [1.29, 1.82) is 0 Å². The highest BCUT2D eigenvalue weighted by Gasteiger charge is 2.20. The van der Waals surface area contributed by atoms with Gasteiger partial charge in [-0.15, -0.1) is 0 Å². The van der Waals surface area contributed by atoms with Gasteiger partial charge in [-0.1, -0.05) is 47.5 Å². The molecule has 0 aliphatic heterocycles. The molecule has 0 heterocycles. The van der Waals surface area contributed by atoms with Crippen molar-refractivity contribution in [2.75, 3.05) is 0 Å². The summed E-state index contributed by atoms with van der Waals surface area (Å²) in [5, 5.41) is 9.78. The first-order valence-corrected chi connectivity index (χ1v) is 6.63. The van der Waals surface area contributed by atoms with Crippen LogP contribution in [-0.4, -0.2) is 17.2 Å². The second kappa shape index (κ2) is 6.44. The second-order valence-corrected chi connectivity index (χ2v) is 5.03. The lowest BCUT2D eigenvalue weighted by molar-refractivity contribution is -0.145. The molecule has 1 atom stereocenters. The lowest BCUT2D eigenvalue weighted by Crippen LogP contribution is -2.29. The molecular formula is C16H15ClO3. The molecule has 0 saturated heterocycles. The van der Waals surface area contributed by atoms with Gasteiger partial charge in [0.05, 0.1) is 0 Å². The maximum absolute atomic E-state index is 11.3. The molecule has 0 radical (unpaired) electrons. The van der Waals surface area contributed by atoms with E-state index < -0.39 is 12.1 Å². The van der Waals surface area contributed by atoms with E-state index >= 15 is 0 Å². The van der Waals surface area contributed by atoms with Gasteiger partial charge in [0, 0.05) is 11.4 Å². The van der Waals surface area contributed by atoms with Crippen LogP contribution in [0.1, 0.15) is 11.1 Å². The number of aryl methyl sites for hydroxylation is 1. The number of halogens is 1. The van der Waals surface area contributed by atoms with E-state index in [4.69, 9.17) is 16.3 Å². The Morgan fingerprint density at radius 1 is 1.25 bits per heavy atom. The number of carboxylic acid groups (broad SMARTS) is 1. The third kappa shape index (κ3) is 4.00. The highest BCUT2D eigenvalue weighted by Crippen LogP contribution is 2.19. The second-order valence-electron chi connectivity index (χ2n) is 4.59. The molecule has 0 aliphatic rings. The van der Waals surface area contributed by atoms with Gasteiger partial charge in [-0.2, -0.15) is 0 Å². The average molecular weight is 291 g/mol. The van der Waals surface area contributed by atoms with Gasteiger partial charge in [0.1, 0.15) is 5.75 Å². The first kappa shape index (κ1) is 14.4. The van der Waals surface area contributed by atoms with E-state index in [1.807, 2.05) is 31.2 Å². The Morgan fingerprint density at radius 3 is 2.55 bits per heavy atom. The quantitative estimate of drug-likeness (QED) is 0.913. The fourth-order valence-electron chi connectivity index (χ4n) is 1.82. The van der Waals surface area contributed by atoms with Gasteiger partial charge < -0.3 is 9.84 Å². The number of benzene rings is 2. The molecule has 2 aromatic carbocycles. The van der Waals surface area contributed by atoms with E-state index in [2.05, 4.69) is 0 Å². The number of hydrogen-bond donors (Lipinski definition) is 1. The van der Waals surface area contributed by atoms with Crippen molar-refractivity contribution in [2.24, 2.45) is 0 Å². The number of rotatable bonds is 5. The minimum Gasteiger partial charge on any atom is -0.478 e. The van der Waals surface area contributed by atoms with Gasteiger partial charge in [-0.05, 0) is 30.7 Å². The maximum Gasteiger partial charge on any atom is 0.345 e. The van der Waals surface area contributed by atoms with Crippen LogP contribution in [0.25, 0.3) is 0 Å². The van der Waals surface area contributed by atoms with Crippen molar-refractivity contribution >= 4 is 17.6 Å². The Bertz CT molecular complexity index is 593. The molecule has 1 N–H and O–H groups in total. The zero-order valence-electron chi connectivity index (χ0n) is 11.0. The van der Waals surface area contributed by atoms with Crippen molar-refractivity contribution in [3.05, 3.63) is 64.7 Å². The van der Waals surface area contributed by atoms with Gasteiger partial charge in [0.25, 0.3) is 0 Å². The van der Waals surface area contributed by atoms with E-state index in [0.717, 1.165) is 11.1 Å². The standard InChI is InChI=1S/C16H15ClO3/c1-11-5-7-12(8-6-11)9-15(16(18)19)20-14-4-2-3-13(17)10-14/h2-8,10,15H,9H2,1H3,(H,18,19)/t15-/m1/s1. The molecule has 0 unspecified atom stereocenters. The summed E-state index contributed by atoms with van der Waals surface area (Å²) in [5.41, 5.74) is 2.06. The van der Waals surface area contributed by atoms with E-state index in [0.29, 0.717) is 17.2 Å². The molecule has 0 aliphatic carbocycles. The van der Waals surface area contributed by atoms with Crippen LogP contribution in [0, 0.1) is 6.92 Å². The molecule has 3 nitrogen and oxygen atoms in total. The van der Waals surface area contributed by atoms with Crippen LogP contribution in [0.15, 0.2) is 48.5 Å². The van der Waals surface area contributed by atoms with Gasteiger partial charge in [-0.3, -0.25) is 0 Å². The summed E-state index contributed by atoms with van der Waals surface area (Å²) in [4.78, 5) is 11.3. The Labute approximate surface area is 122 Å². The summed E-state index contributed by atoms with van der Waals surface area (Å²) >= 11 is 5.86. The van der Waals surface area contributed by atoms with Gasteiger partial charge in [0.15, 0.2) is 6.10 Å². The molecule has 20 heavy (non-hydrogen) atoms. The summed E-state index contributed by atoms with van der Waals surface area (Å²) in [6, 6.07) is 14.5. The van der Waals surface area contributed by atoms with Crippen LogP contribution in [-0.2, 0) is 11.2 Å². The predicted molar refractivity (Wildman–Crippen MR) is 78.4 cm³/mol. The summed E-state index contributed by atoms with van der Waals surface area (Å²) < 4.78 is 5.51. The van der Waals surface area contributed by atoms with Crippen molar-refractivity contribution in [3.63, 3.8) is 0 Å². The van der Waals surface area contributed by atoms with Crippen LogP contribution in [0.3, 0.4) is 0 Å². The normalized spacial score (nSPS) is 11.9. The van der Waals surface area contributed by atoms with Crippen molar-refractivity contribution in [3.8, 4) is 5.75 Å². The fraction of sp³-hybridized carbons (Fsp3) is 0.188. The number of hydrogen-bond acceptors (Lipinski definition) is 2. The van der Waals surface area contributed by atoms with Crippen molar-refractivity contribution < 1.29 is 14.6 Å². The minimum atomic E-state index is -0.995. The number of carboxylic acids is 1. The van der Waals surface area contributed by atoms with E-state index in [1.54, 1.807) is 24.3 Å². The third-order valence-corrected chi connectivity index (χ3v) is 3.13. The van der Waals surface area contributed by atoms with E-state index in [9.17, 15) is 9.90 Å². The lowest BCUT2D eigenvalue weighted by atomic mass is 10.1. The Morgan fingerprint density at radius 2 is 1.95 bits per heavy atom. The molecule has 0 saturated carbocycles. The zero-order chi connectivity index (χ0) is 14.5. The Kier molecular flexibility index (Phi) is 4.64. The summed E-state index contributed by atoms with van der Waals surface area (Å²) in [6.45, 7) is 1.99. The summed E-state index contributed by atoms with van der Waals surface area (Å²) in [7, 11) is 0. The smallest absolute Gasteiger partial charge is 0.345 e. The minimum absolute atomic E-state index is 0.308. The molecule has 2 rings (SSSR count). The first-order chi connectivity index (χ1) is 9.54. The third-order valence-electron chi connectivity index (χ3n) is 2.89. The molecule has 0 amide bonds. The van der Waals surface area contributed by atoms with Crippen molar-refractivity contribution in [1.82, 2.24) is 0 Å². The SMILES string of the molecule is Cc1ccc(C[C@@H](Oc2cccc(Cl)c2)C(=O)O)cc1. The van der Waals surface area contributed by atoms with Crippen LogP contribution >= 0.6 is 11.6 Å². The van der Waals surface area contributed by atoms with Crippen molar-refractivity contribution in [2.45, 2.75) is 19.4 Å². The topological polar surface area (TPSA) is 46.5 Å². The highest BCUT2D eigenvalue weighted by atomic mass is 35.5.